The van der Waals surface area contributed by atoms with Gasteiger partial charge in [-0.25, -0.2) is 4.79 Å². The Balaban J connectivity index is 3.58. The minimum atomic E-state index is 0.468. The summed E-state index contributed by atoms with van der Waals surface area (Å²) < 4.78 is 0. The van der Waals surface area contributed by atoms with E-state index < -0.39 is 0 Å². The van der Waals surface area contributed by atoms with E-state index in [0.717, 1.165) is 0 Å². The lowest BCUT2D eigenvalue weighted by molar-refractivity contribution is 0.564. The second kappa shape index (κ2) is 3.32. The lowest BCUT2D eigenvalue weighted by Crippen LogP contribution is -1.66. The summed E-state index contributed by atoms with van der Waals surface area (Å²) in [6, 6.07) is 0. The van der Waals surface area contributed by atoms with Gasteiger partial charge in [0.1, 0.15) is 0 Å². The number of allylic oxidation sites excluding steroid dienone is 1. The molecule has 0 rings (SSSR count). The summed E-state index contributed by atoms with van der Waals surface area (Å²) in [5.41, 5.74) is 0.468. The van der Waals surface area contributed by atoms with E-state index in [1.165, 1.54) is 6.08 Å². The van der Waals surface area contributed by atoms with Gasteiger partial charge in [0.15, 0.2) is 0 Å². The molecule has 0 heterocycles. The Hall–Kier alpha value is -0.880. The summed E-state index contributed by atoms with van der Waals surface area (Å²) in [7, 11) is 0. The van der Waals surface area contributed by atoms with Gasteiger partial charge in [0.05, 0.1) is 0 Å². The fourth-order valence-corrected chi connectivity index (χ4v) is 0.120. The Morgan fingerprint density at radius 3 is 2.57 bits per heavy atom. The summed E-state index contributed by atoms with van der Waals surface area (Å²) in [4.78, 5) is 12.6. The molecule has 0 aliphatic heterocycles. The van der Waals surface area contributed by atoms with Crippen LogP contribution in [-0.4, -0.2) is 6.08 Å². The van der Waals surface area contributed by atoms with Gasteiger partial charge in [-0.15, -0.1) is 0 Å². The smallest absolute Gasteiger partial charge is 0.211 e. The quantitative estimate of drug-likeness (QED) is 0.373. The third kappa shape index (κ3) is 2.94. The van der Waals surface area contributed by atoms with E-state index >= 15 is 0 Å². The molecule has 0 aliphatic carbocycles. The Kier molecular flexibility index (Phi) is 2.90. The Labute approximate surface area is 42.6 Å². The molecule has 0 unspecified atom stereocenters. The first-order valence-corrected chi connectivity index (χ1v) is 1.86. The minimum Gasteiger partial charge on any atom is -0.211 e. The summed E-state index contributed by atoms with van der Waals surface area (Å²) >= 11 is 0. The van der Waals surface area contributed by atoms with Gasteiger partial charge in [0.25, 0.3) is 0 Å². The molecule has 0 saturated heterocycles. The number of nitrogens with zero attached hydrogens (tertiary/aromatic N) is 1. The number of rotatable bonds is 2. The van der Waals surface area contributed by atoms with E-state index in [1.807, 2.05) is 0 Å². The summed E-state index contributed by atoms with van der Waals surface area (Å²) in [6.07, 6.45) is 1.82. The molecule has 2 heteroatoms. The van der Waals surface area contributed by atoms with Crippen LogP contribution in [0.15, 0.2) is 17.3 Å². The lowest BCUT2D eigenvalue weighted by atomic mass is 10.4. The van der Waals surface area contributed by atoms with E-state index in [9.17, 15) is 4.79 Å². The maximum absolute atomic E-state index is 9.39. The summed E-state index contributed by atoms with van der Waals surface area (Å²) in [5.74, 6) is 0. The van der Waals surface area contributed by atoms with Crippen LogP contribution < -0.4 is 0 Å². The van der Waals surface area contributed by atoms with Crippen molar-refractivity contribution in [2.75, 3.05) is 0 Å². The second-order valence-electron chi connectivity index (χ2n) is 1.02. The van der Waals surface area contributed by atoms with E-state index in [2.05, 4.69) is 18.5 Å². The number of hydrogen-bond donors (Lipinski definition) is 0. The van der Waals surface area contributed by atoms with E-state index in [4.69, 9.17) is 0 Å². The zero-order valence-corrected chi connectivity index (χ0v) is 3.98. The molecule has 0 spiro atoms. The molecule has 0 amide bonds. The number of isocyanates is 1. The van der Waals surface area contributed by atoms with Crippen LogP contribution in [0.3, 0.4) is 0 Å². The number of carbonyl (C=O) groups excluding carboxylic acids is 1. The molecule has 0 fully saturated rings. The van der Waals surface area contributed by atoms with E-state index in [-0.39, 0.29) is 0 Å². The van der Waals surface area contributed by atoms with Crippen molar-refractivity contribution in [3.63, 3.8) is 0 Å². The topological polar surface area (TPSA) is 29.4 Å². The number of aliphatic imine (C=N–C) groups is 1. The molecule has 0 aliphatic rings. The highest BCUT2D eigenvalue weighted by molar-refractivity contribution is 5.36. The molecule has 0 aromatic rings. The average Bonchev–Trinajstić information content (AvgIpc) is 1.68. The van der Waals surface area contributed by atoms with Crippen molar-refractivity contribution in [2.45, 2.75) is 6.42 Å². The maximum Gasteiger partial charge on any atom is 0.240 e. The summed E-state index contributed by atoms with van der Waals surface area (Å²) in [5, 5.41) is 0. The molecule has 1 radical (unpaired) electrons. The normalized spacial score (nSPS) is 7.00. The fraction of sp³-hybridized carbons (Fsp3) is 0.200. The third-order valence-electron chi connectivity index (χ3n) is 0.492. The van der Waals surface area contributed by atoms with Crippen molar-refractivity contribution in [1.29, 1.82) is 0 Å². The zero-order valence-electron chi connectivity index (χ0n) is 3.98. The van der Waals surface area contributed by atoms with Gasteiger partial charge in [0.2, 0.25) is 6.08 Å². The van der Waals surface area contributed by atoms with Gasteiger partial charge < -0.3 is 0 Å². The van der Waals surface area contributed by atoms with Gasteiger partial charge in [-0.1, -0.05) is 6.58 Å². The van der Waals surface area contributed by atoms with Crippen LogP contribution in [0.4, 0.5) is 0 Å². The Morgan fingerprint density at radius 1 is 1.86 bits per heavy atom. The maximum atomic E-state index is 9.39. The van der Waals surface area contributed by atoms with Crippen LogP contribution in [0.1, 0.15) is 6.42 Å². The Morgan fingerprint density at radius 2 is 2.43 bits per heavy atom. The van der Waals surface area contributed by atoms with Crippen molar-refractivity contribution in [2.24, 2.45) is 4.99 Å². The van der Waals surface area contributed by atoms with Crippen molar-refractivity contribution >= 4 is 6.08 Å². The van der Waals surface area contributed by atoms with Gasteiger partial charge in [-0.2, -0.15) is 4.99 Å². The van der Waals surface area contributed by atoms with Crippen LogP contribution in [0.5, 0.6) is 0 Å². The largest absolute Gasteiger partial charge is 0.240 e. The van der Waals surface area contributed by atoms with Crippen molar-refractivity contribution < 1.29 is 4.79 Å². The molecule has 0 aromatic heterocycles. The predicted octanol–water partition coefficient (Wildman–Crippen LogP) is 1.06. The summed E-state index contributed by atoms with van der Waals surface area (Å²) in [6.45, 7) is 6.80. The average molecular weight is 96.1 g/mol. The van der Waals surface area contributed by atoms with Crippen LogP contribution in [0.2, 0.25) is 0 Å². The number of hydrogen-bond acceptors (Lipinski definition) is 2. The fourth-order valence-electron chi connectivity index (χ4n) is 0.120. The molecular weight excluding hydrogens is 90.1 g/mol. The second-order valence-corrected chi connectivity index (χ2v) is 1.02. The standard InChI is InChI=1S/C5H6NO/c1-3-5(2)6-4-7/h1-3H2. The van der Waals surface area contributed by atoms with Crippen LogP contribution in [-0.2, 0) is 4.79 Å². The SMILES string of the molecule is [CH2]CC(=C)N=C=O. The van der Waals surface area contributed by atoms with Crippen molar-refractivity contribution in [3.05, 3.63) is 19.2 Å². The molecular formula is C5H6NO. The van der Waals surface area contributed by atoms with Gasteiger partial charge in [-0.3, -0.25) is 0 Å². The van der Waals surface area contributed by atoms with Crippen molar-refractivity contribution in [3.8, 4) is 0 Å². The first kappa shape index (κ1) is 6.12. The van der Waals surface area contributed by atoms with Gasteiger partial charge in [0, 0.05) is 5.70 Å². The van der Waals surface area contributed by atoms with Gasteiger partial charge in [-0.05, 0) is 13.3 Å². The highest BCUT2D eigenvalue weighted by atomic mass is 16.1. The lowest BCUT2D eigenvalue weighted by Gasteiger charge is -1.80. The third-order valence-corrected chi connectivity index (χ3v) is 0.492. The highest BCUT2D eigenvalue weighted by Gasteiger charge is 1.77. The molecule has 0 N–H and O–H groups in total. The van der Waals surface area contributed by atoms with E-state index in [1.54, 1.807) is 0 Å². The molecule has 0 saturated carbocycles. The molecule has 37 valence electrons. The molecule has 7 heavy (non-hydrogen) atoms. The van der Waals surface area contributed by atoms with Crippen LogP contribution in [0.25, 0.3) is 0 Å². The monoisotopic (exact) mass is 96.0 g/mol. The zero-order chi connectivity index (χ0) is 5.70. The minimum absolute atomic E-state index is 0.468. The predicted molar refractivity (Wildman–Crippen MR) is 27.2 cm³/mol. The highest BCUT2D eigenvalue weighted by Crippen LogP contribution is 1.92. The van der Waals surface area contributed by atoms with Gasteiger partial charge >= 0.3 is 0 Å². The van der Waals surface area contributed by atoms with E-state index in [0.29, 0.717) is 12.1 Å². The molecule has 2 nitrogen and oxygen atoms in total. The van der Waals surface area contributed by atoms with Crippen molar-refractivity contribution in [1.82, 2.24) is 0 Å². The molecule has 0 aromatic carbocycles. The van der Waals surface area contributed by atoms with Crippen LogP contribution >= 0.6 is 0 Å². The van der Waals surface area contributed by atoms with Crippen LogP contribution in [0, 0.1) is 6.92 Å². The first-order chi connectivity index (χ1) is 3.31. The Bertz CT molecular complexity index is 111. The molecule has 0 bridgehead atoms. The first-order valence-electron chi connectivity index (χ1n) is 1.86. The molecule has 0 atom stereocenters.